The Balaban J connectivity index is 2.15. The minimum absolute atomic E-state index is 0.228. The van der Waals surface area contributed by atoms with Crippen molar-refractivity contribution in [3.05, 3.63) is 35.4 Å². The monoisotopic (exact) mass is 240 g/mol. The highest BCUT2D eigenvalue weighted by atomic mass is 19.2. The first-order chi connectivity index (χ1) is 8.09. The summed E-state index contributed by atoms with van der Waals surface area (Å²) in [7, 11) is 0. The molecular weight excluding hydrogens is 226 g/mol. The zero-order valence-electron chi connectivity index (χ0n) is 9.33. The van der Waals surface area contributed by atoms with E-state index in [4.69, 9.17) is 5.73 Å². The predicted molar refractivity (Wildman–Crippen MR) is 59.1 cm³/mol. The maximum Gasteiger partial charge on any atom is 0.244 e. The van der Waals surface area contributed by atoms with Crippen LogP contribution in [0.25, 0.3) is 0 Å². The standard InChI is InChI=1S/C12H14F2N2O/c13-9-4-3-8(7-10(9)14)11(15)12(17)16-5-1-2-6-16/h3-4,7,11H,1-2,5-6,15H2. The molecule has 0 radical (unpaired) electrons. The summed E-state index contributed by atoms with van der Waals surface area (Å²) >= 11 is 0. The number of hydrogen-bond donors (Lipinski definition) is 1. The number of nitrogens with zero attached hydrogens (tertiary/aromatic N) is 1. The molecule has 1 amide bonds. The molecule has 1 aliphatic rings. The lowest BCUT2D eigenvalue weighted by Gasteiger charge is -2.20. The van der Waals surface area contributed by atoms with Gasteiger partial charge in [0.2, 0.25) is 5.91 Å². The molecule has 3 nitrogen and oxygen atoms in total. The van der Waals surface area contributed by atoms with Gasteiger partial charge in [-0.3, -0.25) is 4.79 Å². The van der Waals surface area contributed by atoms with E-state index in [0.29, 0.717) is 18.7 Å². The lowest BCUT2D eigenvalue weighted by atomic mass is 10.1. The number of rotatable bonds is 2. The third kappa shape index (κ3) is 2.44. The van der Waals surface area contributed by atoms with Crippen LogP contribution in [-0.4, -0.2) is 23.9 Å². The molecule has 1 heterocycles. The molecule has 0 aliphatic carbocycles. The Labute approximate surface area is 98.2 Å². The van der Waals surface area contributed by atoms with E-state index < -0.39 is 17.7 Å². The van der Waals surface area contributed by atoms with E-state index in [2.05, 4.69) is 0 Å². The second-order valence-electron chi connectivity index (χ2n) is 4.18. The van der Waals surface area contributed by atoms with Crippen LogP contribution in [0.4, 0.5) is 8.78 Å². The molecule has 1 unspecified atom stereocenters. The van der Waals surface area contributed by atoms with Gasteiger partial charge in [0, 0.05) is 13.1 Å². The molecule has 1 aliphatic heterocycles. The van der Waals surface area contributed by atoms with Crippen molar-refractivity contribution in [2.75, 3.05) is 13.1 Å². The highest BCUT2D eigenvalue weighted by molar-refractivity contribution is 5.83. The van der Waals surface area contributed by atoms with Gasteiger partial charge in [0.15, 0.2) is 11.6 Å². The Morgan fingerprint density at radius 3 is 2.47 bits per heavy atom. The average molecular weight is 240 g/mol. The first-order valence-electron chi connectivity index (χ1n) is 5.59. The van der Waals surface area contributed by atoms with E-state index in [1.807, 2.05) is 0 Å². The maximum atomic E-state index is 13.0. The summed E-state index contributed by atoms with van der Waals surface area (Å²) in [6.07, 6.45) is 1.94. The highest BCUT2D eigenvalue weighted by Crippen LogP contribution is 2.19. The van der Waals surface area contributed by atoms with E-state index in [1.165, 1.54) is 6.07 Å². The number of halogens is 2. The van der Waals surface area contributed by atoms with Crippen LogP contribution >= 0.6 is 0 Å². The molecule has 1 aromatic carbocycles. The van der Waals surface area contributed by atoms with Gasteiger partial charge in [-0.2, -0.15) is 0 Å². The summed E-state index contributed by atoms with van der Waals surface area (Å²) in [6.45, 7) is 1.38. The number of carbonyl (C=O) groups is 1. The fraction of sp³-hybridized carbons (Fsp3) is 0.417. The van der Waals surface area contributed by atoms with Gasteiger partial charge in [-0.05, 0) is 30.5 Å². The zero-order valence-corrected chi connectivity index (χ0v) is 9.33. The van der Waals surface area contributed by atoms with Crippen LogP contribution in [-0.2, 0) is 4.79 Å². The van der Waals surface area contributed by atoms with Crippen LogP contribution in [0.3, 0.4) is 0 Å². The molecule has 2 rings (SSSR count). The van der Waals surface area contributed by atoms with Crippen LogP contribution in [0.2, 0.25) is 0 Å². The SMILES string of the molecule is NC(C(=O)N1CCCC1)c1ccc(F)c(F)c1. The van der Waals surface area contributed by atoms with E-state index >= 15 is 0 Å². The summed E-state index contributed by atoms with van der Waals surface area (Å²) in [6, 6.07) is 2.40. The summed E-state index contributed by atoms with van der Waals surface area (Å²) in [5.41, 5.74) is 6.06. The molecule has 1 saturated heterocycles. The Kier molecular flexibility index (Phi) is 3.38. The van der Waals surface area contributed by atoms with Gasteiger partial charge >= 0.3 is 0 Å². The van der Waals surface area contributed by atoms with Crippen molar-refractivity contribution in [2.45, 2.75) is 18.9 Å². The number of hydrogen-bond acceptors (Lipinski definition) is 2. The summed E-state index contributed by atoms with van der Waals surface area (Å²) in [5, 5.41) is 0. The quantitative estimate of drug-likeness (QED) is 0.853. The first kappa shape index (κ1) is 12.0. The first-order valence-corrected chi connectivity index (χ1v) is 5.59. The number of nitrogens with two attached hydrogens (primary N) is 1. The molecule has 1 aromatic rings. The molecule has 1 atom stereocenters. The third-order valence-corrected chi connectivity index (χ3v) is 2.99. The molecule has 0 saturated carbocycles. The molecule has 5 heteroatoms. The van der Waals surface area contributed by atoms with Gasteiger partial charge in [0.25, 0.3) is 0 Å². The fourth-order valence-corrected chi connectivity index (χ4v) is 1.98. The van der Waals surface area contributed by atoms with Crippen LogP contribution in [0.1, 0.15) is 24.4 Å². The average Bonchev–Trinajstić information content (AvgIpc) is 2.84. The van der Waals surface area contributed by atoms with Crippen molar-refractivity contribution in [3.63, 3.8) is 0 Å². The smallest absolute Gasteiger partial charge is 0.244 e. The normalized spacial score (nSPS) is 17.2. The van der Waals surface area contributed by atoms with E-state index in [0.717, 1.165) is 25.0 Å². The number of likely N-dealkylation sites (tertiary alicyclic amines) is 1. The minimum Gasteiger partial charge on any atom is -0.341 e. The summed E-state index contributed by atoms with van der Waals surface area (Å²) < 4.78 is 25.8. The molecular formula is C12H14F2N2O. The van der Waals surface area contributed by atoms with Crippen LogP contribution in [0.5, 0.6) is 0 Å². The van der Waals surface area contributed by atoms with Crippen LogP contribution in [0, 0.1) is 11.6 Å². The number of amides is 1. The lowest BCUT2D eigenvalue weighted by molar-refractivity contribution is -0.131. The highest BCUT2D eigenvalue weighted by Gasteiger charge is 2.25. The Morgan fingerprint density at radius 2 is 1.88 bits per heavy atom. The van der Waals surface area contributed by atoms with Crippen LogP contribution < -0.4 is 5.73 Å². The minimum atomic E-state index is -0.979. The van der Waals surface area contributed by atoms with E-state index in [9.17, 15) is 13.6 Å². The summed E-state index contributed by atoms with van der Waals surface area (Å²) in [4.78, 5) is 13.6. The topological polar surface area (TPSA) is 46.3 Å². The van der Waals surface area contributed by atoms with Crippen molar-refractivity contribution in [1.82, 2.24) is 4.90 Å². The predicted octanol–water partition coefficient (Wildman–Crippen LogP) is 1.59. The van der Waals surface area contributed by atoms with Gasteiger partial charge in [-0.25, -0.2) is 8.78 Å². The largest absolute Gasteiger partial charge is 0.341 e. The molecule has 0 aromatic heterocycles. The second kappa shape index (κ2) is 4.79. The Hall–Kier alpha value is -1.49. The van der Waals surface area contributed by atoms with Crippen molar-refractivity contribution in [3.8, 4) is 0 Å². The van der Waals surface area contributed by atoms with Crippen LogP contribution in [0.15, 0.2) is 18.2 Å². The van der Waals surface area contributed by atoms with Gasteiger partial charge < -0.3 is 10.6 Å². The fourth-order valence-electron chi connectivity index (χ4n) is 1.98. The Bertz CT molecular complexity index is 431. The molecule has 17 heavy (non-hydrogen) atoms. The lowest BCUT2D eigenvalue weighted by Crippen LogP contribution is -2.36. The Morgan fingerprint density at radius 1 is 1.24 bits per heavy atom. The van der Waals surface area contributed by atoms with Gasteiger partial charge in [-0.15, -0.1) is 0 Å². The van der Waals surface area contributed by atoms with E-state index in [1.54, 1.807) is 4.90 Å². The van der Waals surface area contributed by atoms with Crippen molar-refractivity contribution in [1.29, 1.82) is 0 Å². The molecule has 0 spiro atoms. The van der Waals surface area contributed by atoms with Gasteiger partial charge in [-0.1, -0.05) is 6.07 Å². The zero-order chi connectivity index (χ0) is 12.4. The van der Waals surface area contributed by atoms with Gasteiger partial charge in [0.05, 0.1) is 0 Å². The maximum absolute atomic E-state index is 13.0. The molecule has 92 valence electrons. The van der Waals surface area contributed by atoms with Crippen molar-refractivity contribution < 1.29 is 13.6 Å². The molecule has 1 fully saturated rings. The molecule has 2 N–H and O–H groups in total. The third-order valence-electron chi connectivity index (χ3n) is 2.99. The summed E-state index contributed by atoms with van der Waals surface area (Å²) in [5.74, 6) is -2.14. The number of carbonyl (C=O) groups excluding carboxylic acids is 1. The van der Waals surface area contributed by atoms with Crippen molar-refractivity contribution >= 4 is 5.91 Å². The van der Waals surface area contributed by atoms with Gasteiger partial charge in [0.1, 0.15) is 6.04 Å². The number of benzene rings is 1. The van der Waals surface area contributed by atoms with E-state index in [-0.39, 0.29) is 5.91 Å². The second-order valence-corrected chi connectivity index (χ2v) is 4.18. The molecule has 0 bridgehead atoms. The van der Waals surface area contributed by atoms with Crippen molar-refractivity contribution in [2.24, 2.45) is 5.73 Å².